The van der Waals surface area contributed by atoms with Gasteiger partial charge < -0.3 is 5.32 Å². The maximum absolute atomic E-state index is 15.2. The molecule has 2 nitrogen and oxygen atoms in total. The number of nitrogens with one attached hydrogen (secondary N) is 1. The number of fused-ring (bicyclic) bond motifs is 1. The van der Waals surface area contributed by atoms with Crippen LogP contribution in [0.15, 0.2) is 87.8 Å². The minimum atomic E-state index is -1.28. The highest BCUT2D eigenvalue weighted by Crippen LogP contribution is 2.35. The third-order valence-corrected chi connectivity index (χ3v) is 6.47. The van der Waals surface area contributed by atoms with Crippen molar-refractivity contribution < 1.29 is 9.18 Å². The van der Waals surface area contributed by atoms with Gasteiger partial charge in [0.15, 0.2) is 6.17 Å². The normalized spacial score (nSPS) is 12.0. The van der Waals surface area contributed by atoms with Crippen LogP contribution in [0.3, 0.4) is 0 Å². The van der Waals surface area contributed by atoms with E-state index in [1.807, 2.05) is 55.5 Å². The number of anilines is 1. The predicted molar refractivity (Wildman–Crippen MR) is 128 cm³/mol. The molecule has 0 spiro atoms. The van der Waals surface area contributed by atoms with E-state index in [0.29, 0.717) is 16.7 Å². The molecule has 1 atom stereocenters. The molecule has 150 valence electrons. The van der Waals surface area contributed by atoms with Crippen LogP contribution in [0.4, 0.5) is 10.1 Å². The maximum atomic E-state index is 15.2. The number of amides is 1. The van der Waals surface area contributed by atoms with Gasteiger partial charge in [0.05, 0.1) is 0 Å². The Hall–Kier alpha value is -2.50. The van der Waals surface area contributed by atoms with Gasteiger partial charge in [-0.05, 0) is 70.8 Å². The predicted octanol–water partition coefficient (Wildman–Crippen LogP) is 7.98. The first-order valence-corrected chi connectivity index (χ1v) is 11.0. The zero-order valence-electron chi connectivity index (χ0n) is 16.1. The smallest absolute Gasteiger partial charge is 0.255 e. The lowest BCUT2D eigenvalue weighted by Gasteiger charge is -2.13. The van der Waals surface area contributed by atoms with E-state index in [9.17, 15) is 4.79 Å². The van der Waals surface area contributed by atoms with Crippen molar-refractivity contribution in [2.45, 2.75) is 13.1 Å². The number of aryl methyl sites for hydroxylation is 1. The molecule has 5 heteroatoms. The van der Waals surface area contributed by atoms with E-state index in [0.717, 1.165) is 31.0 Å². The minimum absolute atomic E-state index is 0.217. The highest BCUT2D eigenvalue weighted by atomic mass is 79.9. The molecule has 0 aromatic heterocycles. The van der Waals surface area contributed by atoms with E-state index < -0.39 is 6.17 Å². The molecule has 0 aliphatic heterocycles. The quantitative estimate of drug-likeness (QED) is 0.287. The molecule has 1 N–H and O–H groups in total. The van der Waals surface area contributed by atoms with Crippen molar-refractivity contribution in [3.05, 3.63) is 110 Å². The molecule has 1 amide bonds. The summed E-state index contributed by atoms with van der Waals surface area (Å²) >= 11 is 7.08. The Labute approximate surface area is 191 Å². The summed E-state index contributed by atoms with van der Waals surface area (Å²) in [7, 11) is 0. The number of carbonyl (C=O) groups excluding carboxylic acids is 1. The van der Waals surface area contributed by atoms with Crippen molar-refractivity contribution in [2.24, 2.45) is 0 Å². The van der Waals surface area contributed by atoms with Gasteiger partial charge in [-0.3, -0.25) is 4.79 Å². The monoisotopic (exact) mass is 525 g/mol. The van der Waals surface area contributed by atoms with Crippen molar-refractivity contribution in [2.75, 3.05) is 5.32 Å². The fourth-order valence-electron chi connectivity index (χ4n) is 3.35. The van der Waals surface area contributed by atoms with Gasteiger partial charge in [0.2, 0.25) is 0 Å². The fraction of sp³-hybridized carbons (Fsp3) is 0.0800. The number of benzene rings is 4. The molecule has 0 heterocycles. The molecular formula is C25H18Br2FNO. The van der Waals surface area contributed by atoms with Gasteiger partial charge in [0, 0.05) is 20.2 Å². The Bertz CT molecular complexity index is 1240. The summed E-state index contributed by atoms with van der Waals surface area (Å²) in [6.45, 7) is 1.94. The molecule has 0 fully saturated rings. The Morgan fingerprint density at radius 2 is 1.47 bits per heavy atom. The molecule has 0 saturated heterocycles. The van der Waals surface area contributed by atoms with Crippen LogP contribution in [0.1, 0.15) is 33.2 Å². The summed E-state index contributed by atoms with van der Waals surface area (Å²) in [5.41, 5.74) is 3.31. The van der Waals surface area contributed by atoms with Crippen LogP contribution >= 0.6 is 31.9 Å². The molecule has 0 radical (unpaired) electrons. The molecule has 4 aromatic carbocycles. The first kappa shape index (κ1) is 20.8. The van der Waals surface area contributed by atoms with Crippen LogP contribution in [0.2, 0.25) is 0 Å². The second kappa shape index (κ2) is 8.70. The van der Waals surface area contributed by atoms with Gasteiger partial charge in [-0.1, -0.05) is 74.3 Å². The van der Waals surface area contributed by atoms with E-state index in [2.05, 4.69) is 37.2 Å². The molecule has 0 aliphatic rings. The van der Waals surface area contributed by atoms with Crippen molar-refractivity contribution in [3.63, 3.8) is 0 Å². The number of para-hydroxylation sites is 1. The summed E-state index contributed by atoms with van der Waals surface area (Å²) in [5.74, 6) is -0.217. The number of halogens is 3. The van der Waals surface area contributed by atoms with Gasteiger partial charge in [-0.15, -0.1) is 0 Å². The topological polar surface area (TPSA) is 29.1 Å². The van der Waals surface area contributed by atoms with Crippen molar-refractivity contribution in [3.8, 4) is 0 Å². The van der Waals surface area contributed by atoms with Gasteiger partial charge in [0.25, 0.3) is 5.91 Å². The summed E-state index contributed by atoms with van der Waals surface area (Å²) < 4.78 is 17.1. The average Bonchev–Trinajstić information content (AvgIpc) is 2.77. The fourth-order valence-corrected chi connectivity index (χ4v) is 4.29. The molecule has 0 aliphatic carbocycles. The van der Waals surface area contributed by atoms with Crippen LogP contribution in [0.25, 0.3) is 10.8 Å². The van der Waals surface area contributed by atoms with Crippen molar-refractivity contribution in [1.82, 2.24) is 0 Å². The summed E-state index contributed by atoms with van der Waals surface area (Å²) in [5, 5.41) is 4.86. The SMILES string of the molecule is Cc1ccccc1NC(=O)c1ccc(C(F)c2ccc3c(Br)ccc(Br)c3c2)cc1. The highest BCUT2D eigenvalue weighted by molar-refractivity contribution is 9.11. The number of alkyl halides is 1. The number of hydrogen-bond donors (Lipinski definition) is 1. The average molecular weight is 527 g/mol. The molecule has 0 saturated carbocycles. The lowest BCUT2D eigenvalue weighted by molar-refractivity contribution is 0.102. The molecule has 30 heavy (non-hydrogen) atoms. The first-order chi connectivity index (χ1) is 14.4. The van der Waals surface area contributed by atoms with Gasteiger partial charge in [0.1, 0.15) is 0 Å². The van der Waals surface area contributed by atoms with Crippen LogP contribution < -0.4 is 5.32 Å². The zero-order chi connectivity index (χ0) is 21.3. The second-order valence-electron chi connectivity index (χ2n) is 7.09. The Kier molecular flexibility index (Phi) is 6.02. The number of rotatable bonds is 4. The lowest BCUT2D eigenvalue weighted by atomic mass is 9.98. The summed E-state index contributed by atoms with van der Waals surface area (Å²) in [6, 6.07) is 23.7. The molecule has 1 unspecified atom stereocenters. The molecular weight excluding hydrogens is 509 g/mol. The molecule has 4 aromatic rings. The lowest BCUT2D eigenvalue weighted by Crippen LogP contribution is -2.12. The minimum Gasteiger partial charge on any atom is -0.322 e. The van der Waals surface area contributed by atoms with E-state index in [4.69, 9.17) is 0 Å². The molecule has 0 bridgehead atoms. The first-order valence-electron chi connectivity index (χ1n) is 9.43. The third kappa shape index (κ3) is 4.18. The van der Waals surface area contributed by atoms with Crippen LogP contribution in [0, 0.1) is 6.92 Å². The number of carbonyl (C=O) groups is 1. The summed E-state index contributed by atoms with van der Waals surface area (Å²) in [4.78, 5) is 12.5. The van der Waals surface area contributed by atoms with Gasteiger partial charge in [-0.25, -0.2) is 4.39 Å². The van der Waals surface area contributed by atoms with Crippen molar-refractivity contribution >= 4 is 54.2 Å². The van der Waals surface area contributed by atoms with E-state index in [-0.39, 0.29) is 5.91 Å². The summed E-state index contributed by atoms with van der Waals surface area (Å²) in [6.07, 6.45) is -1.28. The van der Waals surface area contributed by atoms with Crippen molar-refractivity contribution in [1.29, 1.82) is 0 Å². The standard InChI is InChI=1S/C25H18Br2FNO/c1-15-4-2-3-5-23(15)29-25(30)17-8-6-16(7-9-17)24(28)18-10-11-19-20(14-18)22(27)13-12-21(19)26/h2-14,24H,1H3,(H,29,30). The van der Waals surface area contributed by atoms with Crippen LogP contribution in [-0.4, -0.2) is 5.91 Å². The third-order valence-electron chi connectivity index (χ3n) is 5.09. The van der Waals surface area contributed by atoms with E-state index >= 15 is 4.39 Å². The zero-order valence-corrected chi connectivity index (χ0v) is 19.3. The molecule has 4 rings (SSSR count). The number of hydrogen-bond acceptors (Lipinski definition) is 1. The highest BCUT2D eigenvalue weighted by Gasteiger charge is 2.16. The van der Waals surface area contributed by atoms with Crippen LogP contribution in [-0.2, 0) is 0 Å². The Morgan fingerprint density at radius 1 is 0.833 bits per heavy atom. The van der Waals surface area contributed by atoms with E-state index in [1.54, 1.807) is 30.3 Å². The second-order valence-corrected chi connectivity index (χ2v) is 8.80. The van der Waals surface area contributed by atoms with Crippen LogP contribution in [0.5, 0.6) is 0 Å². The van der Waals surface area contributed by atoms with E-state index in [1.165, 1.54) is 0 Å². The Balaban J connectivity index is 1.56. The van der Waals surface area contributed by atoms with Gasteiger partial charge >= 0.3 is 0 Å². The van der Waals surface area contributed by atoms with Gasteiger partial charge in [-0.2, -0.15) is 0 Å². The Morgan fingerprint density at radius 3 is 2.17 bits per heavy atom. The maximum Gasteiger partial charge on any atom is 0.255 e. The largest absolute Gasteiger partial charge is 0.322 e.